The fraction of sp³-hybridized carbons (Fsp3) is 0.938. The summed E-state index contributed by atoms with van der Waals surface area (Å²) in [7, 11) is 1.80. The summed E-state index contributed by atoms with van der Waals surface area (Å²) in [5, 5.41) is 12.7. The quantitative estimate of drug-likeness (QED) is 0.804. The molecule has 0 amide bonds. The molecular weight excluding hydrogens is 268 g/mol. The average molecular weight is 296 g/mol. The van der Waals surface area contributed by atoms with E-state index < -0.39 is 11.5 Å². The molecule has 0 aromatic heterocycles. The van der Waals surface area contributed by atoms with Gasteiger partial charge in [-0.25, -0.2) is 0 Å². The molecule has 0 aromatic carbocycles. The first kappa shape index (κ1) is 15.3. The number of carboxylic acid groups (broad SMARTS) is 1. The molecule has 21 heavy (non-hydrogen) atoms. The van der Waals surface area contributed by atoms with Gasteiger partial charge in [0.25, 0.3) is 0 Å². The van der Waals surface area contributed by atoms with Crippen LogP contribution in [0.4, 0.5) is 0 Å². The lowest BCUT2D eigenvalue weighted by molar-refractivity contribution is -0.146. The Bertz CT molecular complexity index is 390. The van der Waals surface area contributed by atoms with Crippen molar-refractivity contribution >= 4 is 5.97 Å². The molecule has 0 spiro atoms. The third-order valence-corrected chi connectivity index (χ3v) is 6.01. The first-order chi connectivity index (χ1) is 10.2. The molecule has 5 nitrogen and oxygen atoms in total. The molecule has 1 saturated heterocycles. The number of hydrogen-bond acceptors (Lipinski definition) is 4. The average Bonchev–Trinajstić information content (AvgIpc) is 3.11. The van der Waals surface area contributed by atoms with Gasteiger partial charge in [0.15, 0.2) is 0 Å². The van der Waals surface area contributed by atoms with Crippen molar-refractivity contribution in [3.05, 3.63) is 0 Å². The number of fused-ring (bicyclic) bond motifs is 1. The highest BCUT2D eigenvalue weighted by Crippen LogP contribution is 2.39. The van der Waals surface area contributed by atoms with E-state index >= 15 is 0 Å². The van der Waals surface area contributed by atoms with Gasteiger partial charge in [-0.2, -0.15) is 0 Å². The first-order valence-electron chi connectivity index (χ1n) is 8.45. The number of aliphatic carboxylic acids is 1. The highest BCUT2D eigenvalue weighted by atomic mass is 16.5. The van der Waals surface area contributed by atoms with E-state index in [1.807, 2.05) is 0 Å². The second kappa shape index (κ2) is 6.23. The maximum Gasteiger partial charge on any atom is 0.324 e. The van der Waals surface area contributed by atoms with Gasteiger partial charge in [0, 0.05) is 12.6 Å². The zero-order valence-electron chi connectivity index (χ0n) is 13.0. The molecule has 0 bridgehead atoms. The Hall–Kier alpha value is -0.650. The molecule has 0 aromatic rings. The van der Waals surface area contributed by atoms with E-state index in [-0.39, 0.29) is 5.92 Å². The molecule has 2 aliphatic carbocycles. The van der Waals surface area contributed by atoms with E-state index in [9.17, 15) is 9.90 Å². The van der Waals surface area contributed by atoms with Gasteiger partial charge in [0.2, 0.25) is 0 Å². The van der Waals surface area contributed by atoms with Crippen LogP contribution < -0.4 is 5.32 Å². The number of morpholine rings is 1. The maximum absolute atomic E-state index is 11.7. The number of rotatable bonds is 5. The normalized spacial score (nSPS) is 40.3. The van der Waals surface area contributed by atoms with Gasteiger partial charge in [0.05, 0.1) is 12.7 Å². The highest BCUT2D eigenvalue weighted by Gasteiger charge is 2.48. The number of nitrogens with one attached hydrogen (secondary N) is 1. The molecule has 1 heterocycles. The highest BCUT2D eigenvalue weighted by molar-refractivity contribution is 5.79. The molecule has 120 valence electrons. The molecule has 5 heteroatoms. The van der Waals surface area contributed by atoms with E-state index in [4.69, 9.17) is 4.74 Å². The van der Waals surface area contributed by atoms with Crippen LogP contribution in [0.2, 0.25) is 0 Å². The molecule has 2 saturated carbocycles. The zero-order valence-corrected chi connectivity index (χ0v) is 13.0. The Labute approximate surface area is 127 Å². The lowest BCUT2D eigenvalue weighted by Crippen LogP contribution is -2.54. The van der Waals surface area contributed by atoms with Crippen LogP contribution in [0.15, 0.2) is 0 Å². The maximum atomic E-state index is 11.7. The van der Waals surface area contributed by atoms with E-state index in [1.165, 1.54) is 19.3 Å². The van der Waals surface area contributed by atoms with Crippen LogP contribution >= 0.6 is 0 Å². The van der Waals surface area contributed by atoms with E-state index in [1.54, 1.807) is 7.05 Å². The predicted octanol–water partition coefficient (Wildman–Crippen LogP) is 1.47. The van der Waals surface area contributed by atoms with Crippen molar-refractivity contribution in [2.75, 3.05) is 26.7 Å². The summed E-state index contributed by atoms with van der Waals surface area (Å²) in [5.74, 6) is -0.420. The van der Waals surface area contributed by atoms with Gasteiger partial charge in [-0.3, -0.25) is 9.69 Å². The van der Waals surface area contributed by atoms with Gasteiger partial charge in [-0.05, 0) is 58.0 Å². The fourth-order valence-electron chi connectivity index (χ4n) is 4.79. The van der Waals surface area contributed by atoms with Crippen LogP contribution in [0.3, 0.4) is 0 Å². The third-order valence-electron chi connectivity index (χ3n) is 6.01. The number of hydrogen-bond donors (Lipinski definition) is 2. The van der Waals surface area contributed by atoms with Crippen LogP contribution in [0.25, 0.3) is 0 Å². The Morgan fingerprint density at radius 1 is 1.38 bits per heavy atom. The molecule has 4 unspecified atom stereocenters. The Balaban J connectivity index is 1.60. The lowest BCUT2D eigenvalue weighted by atomic mass is 9.84. The van der Waals surface area contributed by atoms with Gasteiger partial charge in [-0.15, -0.1) is 0 Å². The lowest BCUT2D eigenvalue weighted by Gasteiger charge is -2.39. The SMILES string of the molecule is CNC1(C(=O)O)CCCC1CCN1CCOC2CCCC21. The Kier molecular flexibility index (Phi) is 4.52. The van der Waals surface area contributed by atoms with Crippen molar-refractivity contribution < 1.29 is 14.6 Å². The van der Waals surface area contributed by atoms with Crippen molar-refractivity contribution in [2.45, 2.75) is 62.6 Å². The van der Waals surface area contributed by atoms with Crippen LogP contribution in [0.1, 0.15) is 44.9 Å². The minimum absolute atomic E-state index is 0.252. The summed E-state index contributed by atoms with van der Waals surface area (Å²) >= 11 is 0. The minimum atomic E-state index is -0.693. The smallest absolute Gasteiger partial charge is 0.324 e. The number of carbonyl (C=O) groups is 1. The zero-order chi connectivity index (χ0) is 14.9. The monoisotopic (exact) mass is 296 g/mol. The summed E-state index contributed by atoms with van der Waals surface area (Å²) in [4.78, 5) is 14.3. The van der Waals surface area contributed by atoms with Crippen LogP contribution in [0.5, 0.6) is 0 Å². The molecule has 4 atom stereocenters. The van der Waals surface area contributed by atoms with Gasteiger partial charge < -0.3 is 15.2 Å². The Morgan fingerprint density at radius 3 is 3.00 bits per heavy atom. The fourth-order valence-corrected chi connectivity index (χ4v) is 4.79. The van der Waals surface area contributed by atoms with Gasteiger partial charge in [-0.1, -0.05) is 6.42 Å². The second-order valence-electron chi connectivity index (χ2n) is 6.85. The molecule has 3 rings (SSSR count). The predicted molar refractivity (Wildman–Crippen MR) is 80.3 cm³/mol. The number of likely N-dealkylation sites (N-methyl/N-ethyl adjacent to an activating group) is 1. The largest absolute Gasteiger partial charge is 0.480 e. The number of ether oxygens (including phenoxy) is 1. The summed E-state index contributed by atoms with van der Waals surface area (Å²) in [5.41, 5.74) is -0.693. The van der Waals surface area contributed by atoms with Crippen molar-refractivity contribution in [2.24, 2.45) is 5.92 Å². The molecule has 2 N–H and O–H groups in total. The summed E-state index contributed by atoms with van der Waals surface area (Å²) in [6, 6.07) is 0.578. The first-order valence-corrected chi connectivity index (χ1v) is 8.45. The van der Waals surface area contributed by atoms with Crippen LogP contribution in [-0.2, 0) is 9.53 Å². The van der Waals surface area contributed by atoms with Crippen molar-refractivity contribution in [1.82, 2.24) is 10.2 Å². The second-order valence-corrected chi connectivity index (χ2v) is 6.85. The number of carboxylic acids is 1. The van der Waals surface area contributed by atoms with Crippen LogP contribution in [-0.4, -0.2) is 60.4 Å². The van der Waals surface area contributed by atoms with Crippen molar-refractivity contribution in [3.8, 4) is 0 Å². The molecule has 1 aliphatic heterocycles. The molecule has 3 fully saturated rings. The van der Waals surface area contributed by atoms with E-state index in [0.29, 0.717) is 12.1 Å². The third kappa shape index (κ3) is 2.71. The molecular formula is C16H28N2O3. The number of nitrogens with zero attached hydrogens (tertiary/aromatic N) is 1. The topological polar surface area (TPSA) is 61.8 Å². The summed E-state index contributed by atoms with van der Waals surface area (Å²) < 4.78 is 5.86. The van der Waals surface area contributed by atoms with Gasteiger partial charge in [0.1, 0.15) is 5.54 Å². The molecule has 0 radical (unpaired) electrons. The summed E-state index contributed by atoms with van der Waals surface area (Å²) in [6.07, 6.45) is 7.93. The molecule has 3 aliphatic rings. The standard InChI is InChI=1S/C16H28N2O3/c1-17-16(15(19)20)8-3-4-12(16)7-9-18-10-11-21-14-6-2-5-13(14)18/h12-14,17H,2-11H2,1H3,(H,19,20). The van der Waals surface area contributed by atoms with Crippen LogP contribution in [0, 0.1) is 5.92 Å². The van der Waals surface area contributed by atoms with Gasteiger partial charge >= 0.3 is 5.97 Å². The minimum Gasteiger partial charge on any atom is -0.480 e. The van der Waals surface area contributed by atoms with E-state index in [0.717, 1.165) is 45.4 Å². The Morgan fingerprint density at radius 2 is 2.24 bits per heavy atom. The summed E-state index contributed by atoms with van der Waals surface area (Å²) in [6.45, 7) is 2.86. The van der Waals surface area contributed by atoms with Crippen molar-refractivity contribution in [3.63, 3.8) is 0 Å². The van der Waals surface area contributed by atoms with E-state index in [2.05, 4.69) is 10.2 Å². The van der Waals surface area contributed by atoms with Crippen molar-refractivity contribution in [1.29, 1.82) is 0 Å².